The van der Waals surface area contributed by atoms with Crippen molar-refractivity contribution < 1.29 is 19.4 Å². The number of hydrogen-bond donors (Lipinski definition) is 1. The van der Waals surface area contributed by atoms with E-state index < -0.39 is 5.91 Å². The van der Waals surface area contributed by atoms with Gasteiger partial charge in [-0.2, -0.15) is 0 Å². The summed E-state index contributed by atoms with van der Waals surface area (Å²) in [6, 6.07) is 10.2. The summed E-state index contributed by atoms with van der Waals surface area (Å²) in [7, 11) is 0. The van der Waals surface area contributed by atoms with Crippen molar-refractivity contribution >= 4 is 72.4 Å². The summed E-state index contributed by atoms with van der Waals surface area (Å²) in [5, 5.41) is 10.3. The van der Waals surface area contributed by atoms with Gasteiger partial charge in [-0.15, -0.1) is 0 Å². The third-order valence-electron chi connectivity index (χ3n) is 3.62. The lowest BCUT2D eigenvalue weighted by molar-refractivity contribution is -0.123. The molecule has 1 aliphatic rings. The molecule has 2 aromatic carbocycles. The highest BCUT2D eigenvalue weighted by Gasteiger charge is 2.35. The zero-order chi connectivity index (χ0) is 19.6. The average Bonchev–Trinajstić information content (AvgIpc) is 2.88. The predicted molar refractivity (Wildman–Crippen MR) is 113 cm³/mol. The highest BCUT2D eigenvalue weighted by molar-refractivity contribution is 9.11. The lowest BCUT2D eigenvalue weighted by Crippen LogP contribution is -2.32. The van der Waals surface area contributed by atoms with Gasteiger partial charge >= 0.3 is 0 Å². The van der Waals surface area contributed by atoms with Crippen molar-refractivity contribution in [2.45, 2.75) is 0 Å². The van der Waals surface area contributed by atoms with Crippen LogP contribution in [0.25, 0.3) is 6.08 Å². The molecule has 5 nitrogen and oxygen atoms in total. The van der Waals surface area contributed by atoms with Crippen LogP contribution in [0.4, 0.5) is 4.79 Å². The molecule has 1 heterocycles. The molecule has 0 aromatic heterocycles. The number of carbonyl (C=O) groups is 2. The molecule has 140 valence electrons. The Morgan fingerprint density at radius 3 is 2.59 bits per heavy atom. The van der Waals surface area contributed by atoms with E-state index in [2.05, 4.69) is 31.9 Å². The van der Waals surface area contributed by atoms with E-state index in [1.54, 1.807) is 36.4 Å². The lowest BCUT2D eigenvalue weighted by atomic mass is 10.2. The van der Waals surface area contributed by atoms with Crippen LogP contribution in [0.1, 0.15) is 5.56 Å². The molecular weight excluding hydrogens is 522 g/mol. The van der Waals surface area contributed by atoms with Crippen LogP contribution in [-0.4, -0.2) is 34.3 Å². The van der Waals surface area contributed by atoms with Crippen LogP contribution >= 0.6 is 55.2 Å². The van der Waals surface area contributed by atoms with Crippen LogP contribution in [0.5, 0.6) is 11.5 Å². The molecule has 27 heavy (non-hydrogen) atoms. The first-order valence-corrected chi connectivity index (χ1v) is 10.4. The summed E-state index contributed by atoms with van der Waals surface area (Å²) < 4.78 is 6.75. The van der Waals surface area contributed by atoms with Crippen LogP contribution in [0.3, 0.4) is 0 Å². The van der Waals surface area contributed by atoms with Gasteiger partial charge in [-0.3, -0.25) is 14.5 Å². The molecule has 0 radical (unpaired) electrons. The maximum absolute atomic E-state index is 12.5. The van der Waals surface area contributed by atoms with Gasteiger partial charge in [-0.1, -0.05) is 27.5 Å². The van der Waals surface area contributed by atoms with Crippen molar-refractivity contribution in [2.75, 3.05) is 13.2 Å². The fourth-order valence-electron chi connectivity index (χ4n) is 2.32. The number of imide groups is 1. The quantitative estimate of drug-likeness (QED) is 0.501. The molecule has 1 saturated heterocycles. The number of hydrogen-bond acceptors (Lipinski definition) is 5. The van der Waals surface area contributed by atoms with Crippen LogP contribution in [-0.2, 0) is 4.79 Å². The van der Waals surface area contributed by atoms with E-state index >= 15 is 0 Å². The average molecular weight is 534 g/mol. The highest BCUT2D eigenvalue weighted by Crippen LogP contribution is 2.37. The topological polar surface area (TPSA) is 66.8 Å². The molecule has 1 fully saturated rings. The van der Waals surface area contributed by atoms with Crippen LogP contribution < -0.4 is 4.74 Å². The number of benzene rings is 2. The minimum atomic E-state index is -0.416. The number of ether oxygens (including phenoxy) is 1. The predicted octanol–water partition coefficient (Wildman–Crippen LogP) is 5.69. The maximum Gasteiger partial charge on any atom is 0.293 e. The van der Waals surface area contributed by atoms with Gasteiger partial charge in [0.05, 0.1) is 15.9 Å². The molecule has 0 unspecified atom stereocenters. The normalized spacial score (nSPS) is 15.7. The number of phenolic OH excluding ortho intramolecular Hbond substituents is 1. The fourth-order valence-corrected chi connectivity index (χ4v) is 4.56. The number of thioether (sulfide) groups is 1. The largest absolute Gasteiger partial charge is 0.506 e. The zero-order valence-corrected chi connectivity index (χ0v) is 18.4. The second kappa shape index (κ2) is 8.68. The third kappa shape index (κ3) is 4.87. The Morgan fingerprint density at radius 1 is 1.19 bits per heavy atom. The van der Waals surface area contributed by atoms with Gasteiger partial charge < -0.3 is 9.84 Å². The van der Waals surface area contributed by atoms with Gasteiger partial charge in [0.25, 0.3) is 11.1 Å². The second-order valence-electron chi connectivity index (χ2n) is 5.46. The first-order chi connectivity index (χ1) is 12.8. The summed E-state index contributed by atoms with van der Waals surface area (Å²) in [6.45, 7) is 0.291. The number of nitrogens with zero attached hydrogens (tertiary/aromatic N) is 1. The first kappa shape index (κ1) is 20.3. The van der Waals surface area contributed by atoms with Crippen molar-refractivity contribution in [3.05, 3.63) is 60.8 Å². The van der Waals surface area contributed by atoms with E-state index in [0.717, 1.165) is 21.1 Å². The van der Waals surface area contributed by atoms with Crippen LogP contribution in [0.15, 0.2) is 50.2 Å². The first-order valence-electron chi connectivity index (χ1n) is 7.67. The van der Waals surface area contributed by atoms with E-state index in [4.69, 9.17) is 16.3 Å². The Balaban J connectivity index is 1.69. The van der Waals surface area contributed by atoms with E-state index in [0.29, 0.717) is 20.8 Å². The number of aromatic hydroxyl groups is 1. The van der Waals surface area contributed by atoms with Crippen molar-refractivity contribution in [1.82, 2.24) is 4.90 Å². The number of phenols is 1. The smallest absolute Gasteiger partial charge is 0.293 e. The SMILES string of the molecule is O=C1S/C(=C\c2cc(Br)cc(Br)c2O)C(=O)N1CCOc1ccc(Cl)cc1. The monoisotopic (exact) mass is 531 g/mol. The highest BCUT2D eigenvalue weighted by atomic mass is 79.9. The van der Waals surface area contributed by atoms with Crippen LogP contribution in [0.2, 0.25) is 5.02 Å². The molecule has 9 heteroatoms. The van der Waals surface area contributed by atoms with Gasteiger partial charge in [0, 0.05) is 15.1 Å². The Hall–Kier alpha value is -1.48. The molecule has 0 aliphatic carbocycles. The fraction of sp³-hybridized carbons (Fsp3) is 0.111. The molecule has 2 aromatic rings. The van der Waals surface area contributed by atoms with E-state index in [1.165, 1.54) is 6.08 Å². The van der Waals surface area contributed by atoms with Gasteiger partial charge in [0.15, 0.2) is 0 Å². The number of amides is 2. The number of halogens is 3. The maximum atomic E-state index is 12.5. The Bertz CT molecular complexity index is 934. The minimum absolute atomic E-state index is 0.00364. The zero-order valence-electron chi connectivity index (χ0n) is 13.6. The molecule has 2 amide bonds. The molecule has 0 atom stereocenters. The molecule has 0 spiro atoms. The summed E-state index contributed by atoms with van der Waals surface area (Å²) in [5.74, 6) is 0.182. The van der Waals surface area contributed by atoms with Gasteiger partial charge in [-0.25, -0.2) is 0 Å². The van der Waals surface area contributed by atoms with E-state index in [9.17, 15) is 14.7 Å². The molecule has 0 saturated carbocycles. The summed E-state index contributed by atoms with van der Waals surface area (Å²) in [4.78, 5) is 26.1. The van der Waals surface area contributed by atoms with E-state index in [1.807, 2.05) is 0 Å². The van der Waals surface area contributed by atoms with Gasteiger partial charge in [-0.05, 0) is 70.2 Å². The lowest BCUT2D eigenvalue weighted by Gasteiger charge is -2.13. The summed E-state index contributed by atoms with van der Waals surface area (Å²) in [5.41, 5.74) is 0.430. The molecular formula is C18H12Br2ClNO4S. The third-order valence-corrected chi connectivity index (χ3v) is 5.84. The van der Waals surface area contributed by atoms with Crippen molar-refractivity contribution in [1.29, 1.82) is 0 Å². The van der Waals surface area contributed by atoms with E-state index in [-0.39, 0.29) is 29.0 Å². The summed E-state index contributed by atoms with van der Waals surface area (Å²) >= 11 is 13.2. The van der Waals surface area contributed by atoms with Gasteiger partial charge in [0.1, 0.15) is 18.1 Å². The number of carbonyl (C=O) groups excluding carboxylic acids is 2. The van der Waals surface area contributed by atoms with Crippen molar-refractivity contribution in [3.63, 3.8) is 0 Å². The molecule has 0 bridgehead atoms. The standard InChI is InChI=1S/C18H12Br2ClNO4S/c19-11-7-10(16(23)14(20)9-11)8-15-17(24)22(18(25)27-15)5-6-26-13-3-1-12(21)2-4-13/h1-4,7-9,23H,5-6H2/b15-8-. The summed E-state index contributed by atoms with van der Waals surface area (Å²) in [6.07, 6.45) is 1.50. The number of rotatable bonds is 5. The van der Waals surface area contributed by atoms with Crippen LogP contribution in [0, 0.1) is 0 Å². The Kier molecular flexibility index (Phi) is 6.52. The minimum Gasteiger partial charge on any atom is -0.506 e. The molecule has 1 aliphatic heterocycles. The van der Waals surface area contributed by atoms with Crippen molar-refractivity contribution in [3.8, 4) is 11.5 Å². The Morgan fingerprint density at radius 2 is 1.89 bits per heavy atom. The molecule has 3 rings (SSSR count). The Labute approximate surface area is 181 Å². The second-order valence-corrected chi connectivity index (χ2v) is 8.66. The van der Waals surface area contributed by atoms with Crippen molar-refractivity contribution in [2.24, 2.45) is 0 Å². The molecule has 1 N–H and O–H groups in total. The van der Waals surface area contributed by atoms with Gasteiger partial charge in [0.2, 0.25) is 0 Å².